The van der Waals surface area contributed by atoms with E-state index in [-0.39, 0.29) is 11.3 Å². The molecular weight excluding hydrogens is 398 g/mol. The summed E-state index contributed by atoms with van der Waals surface area (Å²) in [5.74, 6) is -0.521. The van der Waals surface area contributed by atoms with Gasteiger partial charge >= 0.3 is 0 Å². The van der Waals surface area contributed by atoms with Gasteiger partial charge < -0.3 is 19.0 Å². The number of carbonyl (C=O) groups excluding carboxylic acids is 2. The number of carbonyl (C=O) groups is 2. The van der Waals surface area contributed by atoms with E-state index < -0.39 is 17.7 Å². The molecule has 1 amide bonds. The number of ether oxygens (including phenoxy) is 2. The highest BCUT2D eigenvalue weighted by Crippen LogP contribution is 2.43. The Balaban J connectivity index is 1.88. The molecule has 0 saturated carbocycles. The van der Waals surface area contributed by atoms with Crippen LogP contribution in [0.4, 0.5) is 5.69 Å². The van der Waals surface area contributed by atoms with Crippen molar-refractivity contribution in [2.24, 2.45) is 0 Å². The summed E-state index contributed by atoms with van der Waals surface area (Å²) in [4.78, 5) is 27.4. The molecule has 1 unspecified atom stereocenters. The summed E-state index contributed by atoms with van der Waals surface area (Å²) in [7, 11) is 1.47. The number of para-hydroxylation sites is 1. The SMILES string of the molecule is CCOc1ccc(N2C(=O)C(=O)/C(=C(\O)c3ccccc3OC)C2c2ccco2)cc1. The van der Waals surface area contributed by atoms with Gasteiger partial charge in [0.15, 0.2) is 0 Å². The van der Waals surface area contributed by atoms with Gasteiger partial charge in [0.2, 0.25) is 0 Å². The largest absolute Gasteiger partial charge is 0.507 e. The summed E-state index contributed by atoms with van der Waals surface area (Å²) < 4.78 is 16.3. The average molecular weight is 419 g/mol. The standard InChI is InChI=1S/C24H21NO6/c1-3-30-16-12-10-15(11-13-16)25-21(19-9-6-14-31-19)20(23(27)24(25)28)22(26)17-7-4-5-8-18(17)29-2/h4-14,21,26H,3H2,1-2H3/b22-20-. The number of anilines is 1. The Morgan fingerprint density at radius 3 is 2.45 bits per heavy atom. The maximum Gasteiger partial charge on any atom is 0.300 e. The second-order valence-corrected chi connectivity index (χ2v) is 6.81. The summed E-state index contributed by atoms with van der Waals surface area (Å²) in [5, 5.41) is 11.1. The summed E-state index contributed by atoms with van der Waals surface area (Å²) in [6.07, 6.45) is 1.46. The molecule has 7 heteroatoms. The van der Waals surface area contributed by atoms with Gasteiger partial charge in [0.1, 0.15) is 29.1 Å². The summed E-state index contributed by atoms with van der Waals surface area (Å²) in [6.45, 7) is 2.39. The molecule has 1 aliphatic rings. The van der Waals surface area contributed by atoms with E-state index in [9.17, 15) is 14.7 Å². The van der Waals surface area contributed by atoms with Crippen molar-refractivity contribution < 1.29 is 28.6 Å². The molecule has 2 heterocycles. The molecule has 4 rings (SSSR count). The lowest BCUT2D eigenvalue weighted by Gasteiger charge is -2.23. The van der Waals surface area contributed by atoms with Gasteiger partial charge in [-0.3, -0.25) is 14.5 Å². The zero-order chi connectivity index (χ0) is 22.0. The molecule has 0 bridgehead atoms. The van der Waals surface area contributed by atoms with E-state index >= 15 is 0 Å². The van der Waals surface area contributed by atoms with E-state index in [0.29, 0.717) is 35.1 Å². The van der Waals surface area contributed by atoms with Crippen LogP contribution < -0.4 is 14.4 Å². The van der Waals surface area contributed by atoms with Crippen molar-refractivity contribution in [3.05, 3.63) is 83.8 Å². The fraction of sp³-hybridized carbons (Fsp3) is 0.167. The van der Waals surface area contributed by atoms with E-state index in [2.05, 4.69) is 0 Å². The maximum absolute atomic E-state index is 13.1. The second-order valence-electron chi connectivity index (χ2n) is 6.81. The molecule has 1 atom stereocenters. The van der Waals surface area contributed by atoms with Gasteiger partial charge in [-0.1, -0.05) is 12.1 Å². The number of nitrogens with zero attached hydrogens (tertiary/aromatic N) is 1. The molecule has 31 heavy (non-hydrogen) atoms. The number of furan rings is 1. The lowest BCUT2D eigenvalue weighted by atomic mass is 9.98. The molecule has 158 valence electrons. The van der Waals surface area contributed by atoms with Crippen molar-refractivity contribution in [3.63, 3.8) is 0 Å². The molecule has 0 spiro atoms. The van der Waals surface area contributed by atoms with Crippen LogP contribution in [-0.4, -0.2) is 30.5 Å². The Morgan fingerprint density at radius 2 is 1.81 bits per heavy atom. The Hall–Kier alpha value is -4.00. The molecule has 2 aromatic carbocycles. The fourth-order valence-electron chi connectivity index (χ4n) is 3.67. The van der Waals surface area contributed by atoms with Gasteiger partial charge in [-0.15, -0.1) is 0 Å². The van der Waals surface area contributed by atoms with Crippen LogP contribution in [0, 0.1) is 0 Å². The number of rotatable bonds is 6. The summed E-state index contributed by atoms with van der Waals surface area (Å²) >= 11 is 0. The Morgan fingerprint density at radius 1 is 1.06 bits per heavy atom. The molecule has 0 aliphatic carbocycles. The zero-order valence-electron chi connectivity index (χ0n) is 17.1. The van der Waals surface area contributed by atoms with Crippen molar-refractivity contribution in [2.75, 3.05) is 18.6 Å². The molecule has 1 saturated heterocycles. The van der Waals surface area contributed by atoms with Crippen LogP contribution in [0.3, 0.4) is 0 Å². The van der Waals surface area contributed by atoms with Gasteiger partial charge in [0.25, 0.3) is 11.7 Å². The van der Waals surface area contributed by atoms with E-state index in [1.54, 1.807) is 60.7 Å². The average Bonchev–Trinajstić information content (AvgIpc) is 3.41. The zero-order valence-corrected chi connectivity index (χ0v) is 17.1. The molecule has 1 aliphatic heterocycles. The molecule has 0 radical (unpaired) electrons. The van der Waals surface area contributed by atoms with Crippen molar-refractivity contribution in [2.45, 2.75) is 13.0 Å². The van der Waals surface area contributed by atoms with E-state index in [1.165, 1.54) is 18.3 Å². The van der Waals surface area contributed by atoms with Crippen molar-refractivity contribution in [3.8, 4) is 11.5 Å². The summed E-state index contributed by atoms with van der Waals surface area (Å²) in [6, 6.07) is 16.0. The number of aliphatic hydroxyl groups excluding tert-OH is 1. The van der Waals surface area contributed by atoms with Gasteiger partial charge in [-0.2, -0.15) is 0 Å². The highest BCUT2D eigenvalue weighted by Gasteiger charge is 2.48. The van der Waals surface area contributed by atoms with Crippen LogP contribution in [0.2, 0.25) is 0 Å². The quantitative estimate of drug-likeness (QED) is 0.364. The Kier molecular flexibility index (Phi) is 5.49. The third-order valence-electron chi connectivity index (χ3n) is 5.05. The first kappa shape index (κ1) is 20.3. The number of hydrogen-bond donors (Lipinski definition) is 1. The van der Waals surface area contributed by atoms with Crippen LogP contribution in [0.5, 0.6) is 11.5 Å². The molecule has 1 N–H and O–H groups in total. The Labute approximate surface area is 179 Å². The van der Waals surface area contributed by atoms with Crippen molar-refractivity contribution in [1.82, 2.24) is 0 Å². The topological polar surface area (TPSA) is 89.2 Å². The monoisotopic (exact) mass is 419 g/mol. The highest BCUT2D eigenvalue weighted by molar-refractivity contribution is 6.51. The molecular formula is C24H21NO6. The number of benzene rings is 2. The minimum Gasteiger partial charge on any atom is -0.507 e. The normalized spacial score (nSPS) is 17.7. The Bertz CT molecular complexity index is 1130. The smallest absolute Gasteiger partial charge is 0.300 e. The van der Waals surface area contributed by atoms with Crippen LogP contribution >= 0.6 is 0 Å². The van der Waals surface area contributed by atoms with Crippen LogP contribution in [0.1, 0.15) is 24.3 Å². The number of amides is 1. The first-order chi connectivity index (χ1) is 15.1. The third kappa shape index (κ3) is 3.54. The van der Waals surface area contributed by atoms with E-state index in [1.807, 2.05) is 6.92 Å². The predicted octanol–water partition coefficient (Wildman–Crippen LogP) is 4.31. The van der Waals surface area contributed by atoms with Gasteiger partial charge in [-0.05, 0) is 55.5 Å². The minimum atomic E-state index is -0.933. The van der Waals surface area contributed by atoms with E-state index in [4.69, 9.17) is 13.9 Å². The van der Waals surface area contributed by atoms with Crippen LogP contribution in [-0.2, 0) is 9.59 Å². The lowest BCUT2D eigenvalue weighted by molar-refractivity contribution is -0.132. The number of hydrogen-bond acceptors (Lipinski definition) is 6. The first-order valence-electron chi connectivity index (χ1n) is 9.77. The number of methoxy groups -OCH3 is 1. The number of ketones is 1. The van der Waals surface area contributed by atoms with Crippen LogP contribution in [0.25, 0.3) is 5.76 Å². The highest BCUT2D eigenvalue weighted by atomic mass is 16.5. The predicted molar refractivity (Wildman–Crippen MR) is 114 cm³/mol. The second kappa shape index (κ2) is 8.39. The fourth-order valence-corrected chi connectivity index (χ4v) is 3.67. The van der Waals surface area contributed by atoms with Gasteiger partial charge in [0, 0.05) is 5.69 Å². The lowest BCUT2D eigenvalue weighted by Crippen LogP contribution is -2.29. The minimum absolute atomic E-state index is 0.0710. The van der Waals surface area contributed by atoms with Crippen molar-refractivity contribution in [1.29, 1.82) is 0 Å². The number of Topliss-reactive ketones (excluding diaryl/α,β-unsaturated/α-hetero) is 1. The maximum atomic E-state index is 13.1. The first-order valence-corrected chi connectivity index (χ1v) is 9.77. The number of aliphatic hydroxyl groups is 1. The van der Waals surface area contributed by atoms with Crippen LogP contribution in [0.15, 0.2) is 76.9 Å². The molecule has 1 aromatic heterocycles. The van der Waals surface area contributed by atoms with Gasteiger partial charge in [0.05, 0.1) is 31.1 Å². The van der Waals surface area contributed by atoms with E-state index in [0.717, 1.165) is 0 Å². The molecule has 3 aromatic rings. The summed E-state index contributed by atoms with van der Waals surface area (Å²) in [5.41, 5.74) is 0.718. The molecule has 1 fully saturated rings. The van der Waals surface area contributed by atoms with Gasteiger partial charge in [-0.25, -0.2) is 0 Å². The van der Waals surface area contributed by atoms with Crippen molar-refractivity contribution >= 4 is 23.1 Å². The third-order valence-corrected chi connectivity index (χ3v) is 5.05. The molecule has 7 nitrogen and oxygen atoms in total.